The van der Waals surface area contributed by atoms with Gasteiger partial charge in [-0.3, -0.25) is 9.59 Å². The fraction of sp³-hybridized carbons (Fsp3) is 0.385. The van der Waals surface area contributed by atoms with Crippen molar-refractivity contribution < 1.29 is 24.2 Å². The zero-order valence-corrected chi connectivity index (χ0v) is 20.4. The van der Waals surface area contributed by atoms with Gasteiger partial charge in [0.05, 0.1) is 23.7 Å². The molecule has 0 aromatic heterocycles. The number of hydrogen-bond acceptors (Lipinski definition) is 5. The number of halogens is 1. The summed E-state index contributed by atoms with van der Waals surface area (Å²) in [5.74, 6) is -1.25. The number of benzene rings is 2. The molecule has 0 saturated carbocycles. The van der Waals surface area contributed by atoms with Crippen molar-refractivity contribution in [1.82, 2.24) is 4.90 Å². The first-order valence-corrected chi connectivity index (χ1v) is 11.2. The van der Waals surface area contributed by atoms with Gasteiger partial charge in [-0.2, -0.15) is 0 Å². The number of likely N-dealkylation sites (tertiary alicyclic amines) is 1. The van der Waals surface area contributed by atoms with Gasteiger partial charge in [0.25, 0.3) is 11.7 Å². The highest BCUT2D eigenvalue weighted by atomic mass is 35.5. The minimum Gasteiger partial charge on any atom is -0.507 e. The lowest BCUT2D eigenvalue weighted by Crippen LogP contribution is -2.31. The van der Waals surface area contributed by atoms with E-state index in [4.69, 9.17) is 21.1 Å². The van der Waals surface area contributed by atoms with Crippen LogP contribution in [-0.2, 0) is 19.7 Å². The SMILES string of the molecule is COCCCN1C(=O)C(=O)/C(=C(/O)c2cc(OC)ccc2Cl)C1c1ccc(C(C)(C)C)cc1. The molecule has 1 aliphatic rings. The summed E-state index contributed by atoms with van der Waals surface area (Å²) < 4.78 is 10.4. The largest absolute Gasteiger partial charge is 0.507 e. The highest BCUT2D eigenvalue weighted by molar-refractivity contribution is 6.47. The van der Waals surface area contributed by atoms with Gasteiger partial charge in [0.1, 0.15) is 11.5 Å². The number of Topliss-reactive ketones (excluding diaryl/α,β-unsaturated/α-hetero) is 1. The first kappa shape index (κ1) is 24.8. The van der Waals surface area contributed by atoms with E-state index in [2.05, 4.69) is 20.8 Å². The van der Waals surface area contributed by atoms with Crippen molar-refractivity contribution in [2.75, 3.05) is 27.4 Å². The van der Waals surface area contributed by atoms with E-state index >= 15 is 0 Å². The second-order valence-electron chi connectivity index (χ2n) is 9.06. The zero-order chi connectivity index (χ0) is 24.3. The number of amides is 1. The lowest BCUT2D eigenvalue weighted by atomic mass is 9.85. The summed E-state index contributed by atoms with van der Waals surface area (Å²) >= 11 is 6.34. The average Bonchev–Trinajstić information content (AvgIpc) is 3.03. The molecule has 2 aromatic carbocycles. The predicted molar refractivity (Wildman–Crippen MR) is 129 cm³/mol. The molecule has 176 valence electrons. The van der Waals surface area contributed by atoms with Crippen LogP contribution in [0.5, 0.6) is 5.75 Å². The number of hydrogen-bond donors (Lipinski definition) is 1. The molecule has 1 fully saturated rings. The van der Waals surface area contributed by atoms with Crippen LogP contribution in [0.3, 0.4) is 0 Å². The smallest absolute Gasteiger partial charge is 0.295 e. The number of nitrogens with zero attached hydrogens (tertiary/aromatic N) is 1. The van der Waals surface area contributed by atoms with E-state index < -0.39 is 17.7 Å². The summed E-state index contributed by atoms with van der Waals surface area (Å²) in [4.78, 5) is 27.6. The van der Waals surface area contributed by atoms with E-state index in [0.29, 0.717) is 25.3 Å². The van der Waals surface area contributed by atoms with E-state index in [0.717, 1.165) is 11.1 Å². The standard InChI is InChI=1S/C26H30ClNO5/c1-26(2,3)17-9-7-16(8-10-17)22-21(24(30)25(31)28(22)13-6-14-32-4)23(29)19-15-18(33-5)11-12-20(19)27/h7-12,15,22,29H,6,13-14H2,1-5H3/b23-21+. The molecule has 1 saturated heterocycles. The van der Waals surface area contributed by atoms with Crippen LogP contribution in [0.15, 0.2) is 48.0 Å². The first-order chi connectivity index (χ1) is 15.6. The van der Waals surface area contributed by atoms with E-state index in [1.807, 2.05) is 24.3 Å². The van der Waals surface area contributed by atoms with E-state index in [-0.39, 0.29) is 27.3 Å². The lowest BCUT2D eigenvalue weighted by molar-refractivity contribution is -0.140. The van der Waals surface area contributed by atoms with Gasteiger partial charge in [-0.15, -0.1) is 0 Å². The minimum absolute atomic E-state index is 0.0103. The Bertz CT molecular complexity index is 1070. The third-order valence-electron chi connectivity index (χ3n) is 5.81. The van der Waals surface area contributed by atoms with Crippen LogP contribution < -0.4 is 4.74 Å². The van der Waals surface area contributed by atoms with Gasteiger partial charge in [-0.1, -0.05) is 56.6 Å². The van der Waals surface area contributed by atoms with Crippen molar-refractivity contribution in [3.8, 4) is 5.75 Å². The molecule has 0 spiro atoms. The lowest BCUT2D eigenvalue weighted by Gasteiger charge is -2.26. The molecule has 1 amide bonds. The molecule has 1 N–H and O–H groups in total. The maximum absolute atomic E-state index is 13.1. The Labute approximate surface area is 199 Å². The van der Waals surface area contributed by atoms with Crippen LogP contribution in [0.4, 0.5) is 0 Å². The van der Waals surface area contributed by atoms with Crippen molar-refractivity contribution in [3.63, 3.8) is 0 Å². The van der Waals surface area contributed by atoms with Gasteiger partial charge in [0.15, 0.2) is 0 Å². The second kappa shape index (κ2) is 9.98. The molecular formula is C26H30ClNO5. The Morgan fingerprint density at radius 1 is 1.09 bits per heavy atom. The molecule has 2 aromatic rings. The number of ether oxygens (including phenoxy) is 2. The van der Waals surface area contributed by atoms with Crippen molar-refractivity contribution in [3.05, 3.63) is 69.8 Å². The monoisotopic (exact) mass is 471 g/mol. The molecule has 1 heterocycles. The number of carbonyl (C=O) groups excluding carboxylic acids is 2. The second-order valence-corrected chi connectivity index (χ2v) is 9.46. The molecule has 1 atom stereocenters. The number of aliphatic hydroxyl groups is 1. The summed E-state index contributed by atoms with van der Waals surface area (Å²) in [6, 6.07) is 11.8. The van der Waals surface area contributed by atoms with Crippen molar-refractivity contribution >= 4 is 29.1 Å². The molecular weight excluding hydrogens is 442 g/mol. The highest BCUT2D eigenvalue weighted by Gasteiger charge is 2.46. The van der Waals surface area contributed by atoms with Crippen LogP contribution in [-0.4, -0.2) is 49.1 Å². The summed E-state index contributed by atoms with van der Waals surface area (Å²) in [6.45, 7) is 7.10. The van der Waals surface area contributed by atoms with Crippen LogP contribution in [0.25, 0.3) is 5.76 Å². The van der Waals surface area contributed by atoms with Gasteiger partial charge in [-0.05, 0) is 41.2 Å². The van der Waals surface area contributed by atoms with E-state index in [1.165, 1.54) is 12.0 Å². The van der Waals surface area contributed by atoms with Gasteiger partial charge in [0.2, 0.25) is 0 Å². The fourth-order valence-electron chi connectivity index (χ4n) is 3.96. The Balaban J connectivity index is 2.16. The highest BCUT2D eigenvalue weighted by Crippen LogP contribution is 2.41. The molecule has 0 aliphatic carbocycles. The summed E-state index contributed by atoms with van der Waals surface area (Å²) in [7, 11) is 3.08. The molecule has 33 heavy (non-hydrogen) atoms. The predicted octanol–water partition coefficient (Wildman–Crippen LogP) is 5.10. The van der Waals surface area contributed by atoms with Gasteiger partial charge in [-0.25, -0.2) is 0 Å². The molecule has 0 bridgehead atoms. The molecule has 1 aliphatic heterocycles. The van der Waals surface area contributed by atoms with Crippen LogP contribution in [0, 0.1) is 0 Å². The van der Waals surface area contributed by atoms with E-state index in [1.54, 1.807) is 25.3 Å². The zero-order valence-electron chi connectivity index (χ0n) is 19.6. The number of carbonyl (C=O) groups is 2. The molecule has 0 radical (unpaired) electrons. The number of aliphatic hydroxyl groups excluding tert-OH is 1. The molecule has 3 rings (SSSR count). The summed E-state index contributed by atoms with van der Waals surface area (Å²) in [5.41, 5.74) is 2.06. The maximum Gasteiger partial charge on any atom is 0.295 e. The first-order valence-electron chi connectivity index (χ1n) is 10.8. The third kappa shape index (κ3) is 5.07. The number of rotatable bonds is 7. The van der Waals surface area contributed by atoms with Crippen LogP contribution in [0.2, 0.25) is 5.02 Å². The minimum atomic E-state index is -0.742. The normalized spacial score (nSPS) is 18.1. The fourth-order valence-corrected chi connectivity index (χ4v) is 4.17. The van der Waals surface area contributed by atoms with Crippen LogP contribution >= 0.6 is 11.6 Å². The van der Waals surface area contributed by atoms with Crippen molar-refractivity contribution in [2.45, 2.75) is 38.6 Å². The Hall–Kier alpha value is -2.83. The topological polar surface area (TPSA) is 76.1 Å². The number of methoxy groups -OCH3 is 2. The maximum atomic E-state index is 13.1. The van der Waals surface area contributed by atoms with Gasteiger partial charge < -0.3 is 19.5 Å². The summed E-state index contributed by atoms with van der Waals surface area (Å²) in [6.07, 6.45) is 0.556. The molecule has 7 heteroatoms. The molecule has 6 nitrogen and oxygen atoms in total. The van der Waals surface area contributed by atoms with Gasteiger partial charge >= 0.3 is 0 Å². The molecule has 1 unspecified atom stereocenters. The Kier molecular flexibility index (Phi) is 7.50. The number of ketones is 1. The Morgan fingerprint density at radius 3 is 2.33 bits per heavy atom. The third-order valence-corrected chi connectivity index (χ3v) is 6.14. The van der Waals surface area contributed by atoms with Gasteiger partial charge in [0, 0.05) is 25.8 Å². The van der Waals surface area contributed by atoms with E-state index in [9.17, 15) is 14.7 Å². The quantitative estimate of drug-likeness (QED) is 0.263. The Morgan fingerprint density at radius 2 is 1.76 bits per heavy atom. The average molecular weight is 472 g/mol. The van der Waals surface area contributed by atoms with Crippen molar-refractivity contribution in [1.29, 1.82) is 0 Å². The van der Waals surface area contributed by atoms with Crippen LogP contribution in [0.1, 0.15) is 49.9 Å². The van der Waals surface area contributed by atoms with Crippen molar-refractivity contribution in [2.24, 2.45) is 0 Å². The summed E-state index contributed by atoms with van der Waals surface area (Å²) in [5, 5.41) is 11.5.